The fraction of sp³-hybridized carbons (Fsp3) is 0.200. The zero-order chi connectivity index (χ0) is 13.8. The highest BCUT2D eigenvalue weighted by Gasteiger charge is 2.18. The van der Waals surface area contributed by atoms with Crippen molar-refractivity contribution in [2.24, 2.45) is 0 Å². The van der Waals surface area contributed by atoms with Crippen LogP contribution in [-0.4, -0.2) is 24.0 Å². The Kier molecular flexibility index (Phi) is 3.50. The molecule has 102 valence electrons. The molecule has 1 amide bonds. The molecule has 1 aromatic carbocycles. The van der Waals surface area contributed by atoms with Crippen LogP contribution >= 0.6 is 0 Å². The SMILES string of the molecule is O=C(NCc1cccnc1)c1cccc2c1OCCN2. The van der Waals surface area contributed by atoms with Crippen LogP contribution in [0, 0.1) is 0 Å². The molecule has 2 N–H and O–H groups in total. The first-order valence-electron chi connectivity index (χ1n) is 6.51. The number of para-hydroxylation sites is 1. The minimum absolute atomic E-state index is 0.144. The largest absolute Gasteiger partial charge is 0.489 e. The molecule has 5 heteroatoms. The van der Waals surface area contributed by atoms with E-state index in [0.29, 0.717) is 24.5 Å². The maximum atomic E-state index is 12.3. The van der Waals surface area contributed by atoms with Crippen molar-refractivity contribution < 1.29 is 9.53 Å². The third-order valence-electron chi connectivity index (χ3n) is 3.10. The van der Waals surface area contributed by atoms with Gasteiger partial charge in [-0.25, -0.2) is 0 Å². The lowest BCUT2D eigenvalue weighted by molar-refractivity contribution is 0.0946. The second-order valence-electron chi connectivity index (χ2n) is 4.50. The van der Waals surface area contributed by atoms with Gasteiger partial charge in [0.05, 0.1) is 11.3 Å². The number of anilines is 1. The molecule has 0 fully saturated rings. The smallest absolute Gasteiger partial charge is 0.255 e. The zero-order valence-corrected chi connectivity index (χ0v) is 10.9. The molecule has 0 atom stereocenters. The van der Waals surface area contributed by atoms with Gasteiger partial charge >= 0.3 is 0 Å². The van der Waals surface area contributed by atoms with Crippen molar-refractivity contribution >= 4 is 11.6 Å². The molecule has 5 nitrogen and oxygen atoms in total. The number of carbonyl (C=O) groups is 1. The number of amides is 1. The van der Waals surface area contributed by atoms with Gasteiger partial charge in [-0.1, -0.05) is 12.1 Å². The normalized spacial score (nSPS) is 12.8. The number of hydrogen-bond donors (Lipinski definition) is 2. The van der Waals surface area contributed by atoms with Crippen LogP contribution in [0.25, 0.3) is 0 Å². The van der Waals surface area contributed by atoms with E-state index >= 15 is 0 Å². The Labute approximate surface area is 117 Å². The molecule has 3 rings (SSSR count). The molecular weight excluding hydrogens is 254 g/mol. The summed E-state index contributed by atoms with van der Waals surface area (Å²) >= 11 is 0. The maximum absolute atomic E-state index is 12.3. The highest BCUT2D eigenvalue weighted by Crippen LogP contribution is 2.31. The average Bonchev–Trinajstić information content (AvgIpc) is 2.53. The van der Waals surface area contributed by atoms with Gasteiger partial charge in [0.25, 0.3) is 5.91 Å². The zero-order valence-electron chi connectivity index (χ0n) is 10.9. The van der Waals surface area contributed by atoms with Crippen molar-refractivity contribution in [2.45, 2.75) is 6.54 Å². The van der Waals surface area contributed by atoms with Crippen LogP contribution in [0.5, 0.6) is 5.75 Å². The Hall–Kier alpha value is -2.56. The number of nitrogens with one attached hydrogen (secondary N) is 2. The van der Waals surface area contributed by atoms with Crippen LogP contribution in [-0.2, 0) is 6.54 Å². The highest BCUT2D eigenvalue weighted by molar-refractivity contribution is 5.98. The summed E-state index contributed by atoms with van der Waals surface area (Å²) in [7, 11) is 0. The summed E-state index contributed by atoms with van der Waals surface area (Å²) in [5.74, 6) is 0.483. The first-order chi connectivity index (χ1) is 9.84. The molecule has 2 heterocycles. The van der Waals surface area contributed by atoms with E-state index in [0.717, 1.165) is 17.8 Å². The molecule has 0 unspecified atom stereocenters. The molecule has 0 saturated heterocycles. The van der Waals surface area contributed by atoms with Crippen molar-refractivity contribution in [1.82, 2.24) is 10.3 Å². The van der Waals surface area contributed by atoms with E-state index in [1.807, 2.05) is 24.3 Å². The van der Waals surface area contributed by atoms with E-state index in [1.54, 1.807) is 18.5 Å². The van der Waals surface area contributed by atoms with Gasteiger partial charge in [-0.15, -0.1) is 0 Å². The van der Waals surface area contributed by atoms with Crippen molar-refractivity contribution in [3.05, 3.63) is 53.9 Å². The number of benzene rings is 1. The number of rotatable bonds is 3. The summed E-state index contributed by atoms with van der Waals surface area (Å²) in [6, 6.07) is 9.29. The van der Waals surface area contributed by atoms with Gasteiger partial charge in [-0.2, -0.15) is 0 Å². The van der Waals surface area contributed by atoms with Crippen LogP contribution in [0.3, 0.4) is 0 Å². The Morgan fingerprint density at radius 1 is 1.35 bits per heavy atom. The van der Waals surface area contributed by atoms with Gasteiger partial charge < -0.3 is 15.4 Å². The van der Waals surface area contributed by atoms with E-state index in [2.05, 4.69) is 15.6 Å². The molecular formula is C15H15N3O2. The Morgan fingerprint density at radius 3 is 3.15 bits per heavy atom. The first kappa shape index (κ1) is 12.5. The van der Waals surface area contributed by atoms with E-state index in [-0.39, 0.29) is 5.91 Å². The van der Waals surface area contributed by atoms with E-state index in [4.69, 9.17) is 4.74 Å². The summed E-state index contributed by atoms with van der Waals surface area (Å²) in [5, 5.41) is 6.10. The number of ether oxygens (including phenoxy) is 1. The summed E-state index contributed by atoms with van der Waals surface area (Å²) in [6.45, 7) is 1.78. The van der Waals surface area contributed by atoms with Crippen LogP contribution in [0.4, 0.5) is 5.69 Å². The summed E-state index contributed by atoms with van der Waals surface area (Å²) in [4.78, 5) is 16.3. The maximum Gasteiger partial charge on any atom is 0.255 e. The molecule has 0 radical (unpaired) electrons. The van der Waals surface area contributed by atoms with Crippen molar-refractivity contribution in [3.63, 3.8) is 0 Å². The third kappa shape index (κ3) is 2.56. The van der Waals surface area contributed by atoms with E-state index in [1.165, 1.54) is 0 Å². The molecule has 2 aromatic rings. The molecule has 20 heavy (non-hydrogen) atoms. The minimum atomic E-state index is -0.144. The van der Waals surface area contributed by atoms with E-state index in [9.17, 15) is 4.79 Å². The van der Waals surface area contributed by atoms with Crippen molar-refractivity contribution in [2.75, 3.05) is 18.5 Å². The molecule has 0 spiro atoms. The van der Waals surface area contributed by atoms with Crippen LogP contribution in [0.15, 0.2) is 42.7 Å². The highest BCUT2D eigenvalue weighted by atomic mass is 16.5. The molecule has 0 saturated carbocycles. The lowest BCUT2D eigenvalue weighted by atomic mass is 10.1. The standard InChI is InChI=1S/C15H15N3O2/c19-15(18-10-11-3-2-6-16-9-11)12-4-1-5-13-14(12)20-8-7-17-13/h1-6,9,17H,7-8,10H2,(H,18,19). The quantitative estimate of drug-likeness (QED) is 0.892. The van der Waals surface area contributed by atoms with Gasteiger partial charge in [0.1, 0.15) is 6.61 Å². The van der Waals surface area contributed by atoms with Crippen LogP contribution in [0.2, 0.25) is 0 Å². The van der Waals surface area contributed by atoms with Crippen LogP contribution < -0.4 is 15.4 Å². The third-order valence-corrected chi connectivity index (χ3v) is 3.10. The summed E-state index contributed by atoms with van der Waals surface area (Å²) < 4.78 is 5.59. The molecule has 1 aliphatic rings. The average molecular weight is 269 g/mol. The van der Waals surface area contributed by atoms with Gasteiger partial charge in [-0.3, -0.25) is 9.78 Å². The van der Waals surface area contributed by atoms with Crippen molar-refractivity contribution in [3.8, 4) is 5.75 Å². The molecule has 1 aromatic heterocycles. The van der Waals surface area contributed by atoms with Crippen molar-refractivity contribution in [1.29, 1.82) is 0 Å². The lowest BCUT2D eigenvalue weighted by Gasteiger charge is -2.21. The number of hydrogen-bond acceptors (Lipinski definition) is 4. The topological polar surface area (TPSA) is 63.2 Å². The number of nitrogens with zero attached hydrogens (tertiary/aromatic N) is 1. The lowest BCUT2D eigenvalue weighted by Crippen LogP contribution is -2.26. The Morgan fingerprint density at radius 2 is 2.30 bits per heavy atom. The second kappa shape index (κ2) is 5.61. The van der Waals surface area contributed by atoms with Gasteiger partial charge in [0.2, 0.25) is 0 Å². The predicted octanol–water partition coefficient (Wildman–Crippen LogP) is 1.82. The fourth-order valence-corrected chi connectivity index (χ4v) is 2.13. The molecule has 1 aliphatic heterocycles. The Bertz CT molecular complexity index is 614. The minimum Gasteiger partial charge on any atom is -0.489 e. The van der Waals surface area contributed by atoms with E-state index < -0.39 is 0 Å². The second-order valence-corrected chi connectivity index (χ2v) is 4.50. The van der Waals surface area contributed by atoms with Gasteiger partial charge in [0, 0.05) is 25.5 Å². The Balaban J connectivity index is 1.74. The predicted molar refractivity (Wildman–Crippen MR) is 75.8 cm³/mol. The summed E-state index contributed by atoms with van der Waals surface area (Å²) in [6.07, 6.45) is 3.44. The number of aromatic nitrogens is 1. The number of pyridine rings is 1. The first-order valence-corrected chi connectivity index (χ1v) is 6.51. The molecule has 0 bridgehead atoms. The molecule has 0 aliphatic carbocycles. The number of carbonyl (C=O) groups excluding carboxylic acids is 1. The van der Waals surface area contributed by atoms with Gasteiger partial charge in [0.15, 0.2) is 5.75 Å². The number of fused-ring (bicyclic) bond motifs is 1. The van der Waals surface area contributed by atoms with Crippen LogP contribution in [0.1, 0.15) is 15.9 Å². The fourth-order valence-electron chi connectivity index (χ4n) is 2.13. The monoisotopic (exact) mass is 269 g/mol. The summed E-state index contributed by atoms with van der Waals surface area (Å²) in [5.41, 5.74) is 2.38. The van der Waals surface area contributed by atoms with Gasteiger partial charge in [-0.05, 0) is 23.8 Å².